The number of benzene rings is 1. The van der Waals surface area contributed by atoms with Gasteiger partial charge in [-0.1, -0.05) is 36.9 Å². The second-order valence-electron chi connectivity index (χ2n) is 5.19. The van der Waals surface area contributed by atoms with E-state index in [1.165, 1.54) is 18.2 Å². The maximum Gasteiger partial charge on any atom is 0.498 e. The summed E-state index contributed by atoms with van der Waals surface area (Å²) < 4.78 is 124. The summed E-state index contributed by atoms with van der Waals surface area (Å²) in [4.78, 5) is 11.4. The first-order valence-electron chi connectivity index (χ1n) is 7.04. The van der Waals surface area contributed by atoms with Crippen molar-refractivity contribution in [2.24, 2.45) is 0 Å². The average Bonchev–Trinajstić information content (AvgIpc) is 2.56. The zero-order valence-electron chi connectivity index (χ0n) is 13.6. The van der Waals surface area contributed by atoms with Gasteiger partial charge in [-0.05, 0) is 5.56 Å². The summed E-state index contributed by atoms with van der Waals surface area (Å²) in [6.45, 7) is 2.99. The number of carbonyl (C=O) groups is 1. The van der Waals surface area contributed by atoms with E-state index < -0.39 is 53.8 Å². The molecule has 1 atom stereocenters. The van der Waals surface area contributed by atoms with Gasteiger partial charge in [-0.3, -0.25) is 0 Å². The van der Waals surface area contributed by atoms with E-state index >= 15 is 0 Å². The van der Waals surface area contributed by atoms with Crippen LogP contribution in [0.4, 0.5) is 26.3 Å². The normalized spacial score (nSPS) is 14.5. The third-order valence-electron chi connectivity index (χ3n) is 3.34. The molecular weight excluding hydrogens is 442 g/mol. The fourth-order valence-corrected chi connectivity index (χ4v) is 5.44. The average molecular weight is 454 g/mol. The Hall–Kier alpha value is -2.09. The van der Waals surface area contributed by atoms with Crippen molar-refractivity contribution in [3.63, 3.8) is 0 Å². The van der Waals surface area contributed by atoms with Crippen molar-refractivity contribution in [1.82, 2.24) is 0 Å². The predicted octanol–water partition coefficient (Wildman–Crippen LogP) is 3.04. The van der Waals surface area contributed by atoms with Crippen LogP contribution in [-0.4, -0.2) is 38.4 Å². The smallest absolute Gasteiger partial charge is 0.454 e. The summed E-state index contributed by atoms with van der Waals surface area (Å²) >= 11 is 0. The van der Waals surface area contributed by atoms with Gasteiger partial charge >= 0.3 is 17.0 Å². The fourth-order valence-electron chi connectivity index (χ4n) is 2.00. The highest BCUT2D eigenvalue weighted by Gasteiger charge is 2.63. The van der Waals surface area contributed by atoms with Gasteiger partial charge in [0.15, 0.2) is 4.58 Å². The number of ether oxygens (including phenoxy) is 1. The van der Waals surface area contributed by atoms with Crippen molar-refractivity contribution in [2.75, 3.05) is 0 Å². The Balaban J connectivity index is 3.60. The lowest BCUT2D eigenvalue weighted by Gasteiger charge is -2.25. The molecule has 1 unspecified atom stereocenters. The third kappa shape index (κ3) is 5.04. The van der Waals surface area contributed by atoms with Crippen molar-refractivity contribution in [2.45, 2.75) is 28.1 Å². The molecule has 14 heteroatoms. The zero-order valence-corrected chi connectivity index (χ0v) is 15.2. The van der Waals surface area contributed by atoms with E-state index in [0.717, 1.165) is 12.1 Å². The molecule has 0 saturated carbocycles. The monoisotopic (exact) mass is 454 g/mol. The molecule has 0 aliphatic rings. The molecular formula is C14H12F6O6S2. The molecule has 28 heavy (non-hydrogen) atoms. The summed E-state index contributed by atoms with van der Waals surface area (Å²) in [5.74, 6) is -1.32. The third-order valence-corrected chi connectivity index (χ3v) is 7.92. The Morgan fingerprint density at radius 3 is 1.75 bits per heavy atom. The van der Waals surface area contributed by atoms with Crippen molar-refractivity contribution < 1.29 is 52.7 Å². The van der Waals surface area contributed by atoms with Gasteiger partial charge in [0.1, 0.15) is 6.10 Å². The number of esters is 1. The molecule has 1 aromatic rings. The number of hydrogen-bond donors (Lipinski definition) is 0. The van der Waals surface area contributed by atoms with Crippen molar-refractivity contribution >= 4 is 25.6 Å². The molecule has 158 valence electrons. The van der Waals surface area contributed by atoms with Crippen LogP contribution >= 0.6 is 0 Å². The number of hydrogen-bond acceptors (Lipinski definition) is 6. The summed E-state index contributed by atoms with van der Waals surface area (Å²) in [6, 6.07) is 6.11. The molecule has 0 saturated heterocycles. The van der Waals surface area contributed by atoms with Crippen LogP contribution in [-0.2, 0) is 29.2 Å². The molecule has 0 radical (unpaired) electrons. The van der Waals surface area contributed by atoms with Crippen molar-refractivity contribution in [1.29, 1.82) is 0 Å². The van der Waals surface area contributed by atoms with E-state index in [2.05, 4.69) is 11.3 Å². The molecule has 0 heterocycles. The number of halogens is 6. The summed E-state index contributed by atoms with van der Waals surface area (Å²) in [5.41, 5.74) is -12.8. The molecule has 0 aliphatic heterocycles. The van der Waals surface area contributed by atoms with Crippen molar-refractivity contribution in [3.05, 3.63) is 48.6 Å². The van der Waals surface area contributed by atoms with E-state index in [4.69, 9.17) is 0 Å². The predicted molar refractivity (Wildman–Crippen MR) is 83.8 cm³/mol. The highest BCUT2D eigenvalue weighted by Crippen LogP contribution is 2.40. The lowest BCUT2D eigenvalue weighted by atomic mass is 10.1. The van der Waals surface area contributed by atoms with Gasteiger partial charge in [-0.2, -0.15) is 26.3 Å². The lowest BCUT2D eigenvalue weighted by molar-refractivity contribution is -0.143. The molecule has 6 nitrogen and oxygen atoms in total. The van der Waals surface area contributed by atoms with Gasteiger partial charge in [0.05, 0.1) is 0 Å². The standard InChI is InChI=1S/C14H12F6O6S2/c1-2-11(21)26-10(9-6-4-3-5-7-9)8-12(27(22,23)13(15,16)17)28(24,25)14(18,19)20/h2-7,10,12H,1,8H2. The van der Waals surface area contributed by atoms with E-state index in [-0.39, 0.29) is 5.56 Å². The molecule has 0 aliphatic carbocycles. The second-order valence-corrected chi connectivity index (χ2v) is 9.73. The quantitative estimate of drug-likeness (QED) is 0.357. The van der Waals surface area contributed by atoms with Gasteiger partial charge in [0.2, 0.25) is 0 Å². The second kappa shape index (κ2) is 8.11. The Morgan fingerprint density at radius 1 is 0.964 bits per heavy atom. The fraction of sp³-hybridized carbons (Fsp3) is 0.357. The van der Waals surface area contributed by atoms with Crippen LogP contribution in [0.1, 0.15) is 18.1 Å². The topological polar surface area (TPSA) is 94.6 Å². The van der Waals surface area contributed by atoms with Gasteiger partial charge < -0.3 is 4.74 Å². The number of sulfone groups is 2. The van der Waals surface area contributed by atoms with Crippen LogP contribution in [0.25, 0.3) is 0 Å². The first kappa shape index (κ1) is 23.9. The highest BCUT2D eigenvalue weighted by atomic mass is 32.3. The molecule has 0 aromatic heterocycles. The van der Waals surface area contributed by atoms with Gasteiger partial charge in [0, 0.05) is 12.5 Å². The lowest BCUT2D eigenvalue weighted by Crippen LogP contribution is -2.45. The first-order valence-corrected chi connectivity index (χ1v) is 10.1. The van der Waals surface area contributed by atoms with E-state index in [1.54, 1.807) is 0 Å². The Bertz CT molecular complexity index is 875. The van der Waals surface area contributed by atoms with Gasteiger partial charge in [-0.25, -0.2) is 21.6 Å². The highest BCUT2D eigenvalue weighted by molar-refractivity contribution is 8.09. The van der Waals surface area contributed by atoms with Gasteiger partial charge in [0.25, 0.3) is 19.7 Å². The zero-order chi connectivity index (χ0) is 22.0. The molecule has 0 bridgehead atoms. The van der Waals surface area contributed by atoms with Crippen LogP contribution in [0, 0.1) is 0 Å². The van der Waals surface area contributed by atoms with Crippen LogP contribution in [0.5, 0.6) is 0 Å². The summed E-state index contributed by atoms with van der Waals surface area (Å²) in [7, 11) is -13.7. The SMILES string of the molecule is C=CC(=O)OC(CC(S(=O)(=O)C(F)(F)F)S(=O)(=O)C(F)(F)F)c1ccccc1. The molecule has 0 spiro atoms. The van der Waals surface area contributed by atoms with Crippen LogP contribution in [0.2, 0.25) is 0 Å². The summed E-state index contributed by atoms with van der Waals surface area (Å²) in [5, 5.41) is 0. The number of carbonyl (C=O) groups excluding carboxylic acids is 1. The number of alkyl halides is 6. The van der Waals surface area contributed by atoms with E-state index in [9.17, 15) is 48.0 Å². The van der Waals surface area contributed by atoms with Gasteiger partial charge in [-0.15, -0.1) is 0 Å². The Kier molecular flexibility index (Phi) is 6.93. The number of rotatable bonds is 7. The Morgan fingerprint density at radius 2 is 1.39 bits per heavy atom. The van der Waals surface area contributed by atoms with E-state index in [1.807, 2.05) is 0 Å². The molecule has 0 amide bonds. The molecule has 1 rings (SSSR count). The molecule has 0 fully saturated rings. The minimum absolute atomic E-state index is 0.225. The molecule has 0 N–H and O–H groups in total. The van der Waals surface area contributed by atoms with Crippen LogP contribution in [0.15, 0.2) is 43.0 Å². The maximum atomic E-state index is 12.8. The Labute approximate surface area is 155 Å². The largest absolute Gasteiger partial charge is 0.498 e. The van der Waals surface area contributed by atoms with E-state index in [0.29, 0.717) is 6.08 Å². The van der Waals surface area contributed by atoms with Crippen LogP contribution in [0.3, 0.4) is 0 Å². The first-order chi connectivity index (χ1) is 12.6. The summed E-state index contributed by atoms with van der Waals surface area (Å²) in [6.07, 6.45) is -3.37. The van der Waals surface area contributed by atoms with Crippen LogP contribution < -0.4 is 0 Å². The van der Waals surface area contributed by atoms with Crippen molar-refractivity contribution in [3.8, 4) is 0 Å². The minimum Gasteiger partial charge on any atom is -0.454 e. The molecule has 1 aromatic carbocycles. The maximum absolute atomic E-state index is 12.8. The minimum atomic E-state index is -6.85.